The molecule has 0 saturated heterocycles. The van der Waals surface area contributed by atoms with E-state index >= 15 is 0 Å². The highest BCUT2D eigenvalue weighted by molar-refractivity contribution is 5.75. The van der Waals surface area contributed by atoms with Crippen LogP contribution in [0.1, 0.15) is 81.7 Å². The quantitative estimate of drug-likeness (QED) is 0.434. The van der Waals surface area contributed by atoms with Gasteiger partial charge in [0.15, 0.2) is 0 Å². The van der Waals surface area contributed by atoms with E-state index < -0.39 is 0 Å². The van der Waals surface area contributed by atoms with Crippen molar-refractivity contribution in [2.24, 2.45) is 27.1 Å². The molecule has 0 radical (unpaired) electrons. The van der Waals surface area contributed by atoms with Crippen LogP contribution in [0.4, 0.5) is 5.82 Å². The van der Waals surface area contributed by atoms with Crippen molar-refractivity contribution in [3.05, 3.63) is 54.4 Å². The van der Waals surface area contributed by atoms with Gasteiger partial charge in [-0.05, 0) is 50.3 Å². The van der Waals surface area contributed by atoms with Crippen molar-refractivity contribution in [3.63, 3.8) is 0 Å². The number of hydrogen-bond donors (Lipinski definition) is 1. The molecule has 3 aromatic rings. The normalized spacial score (nSPS) is 24.0. The molecule has 2 N–H and O–H groups in total. The predicted molar refractivity (Wildman–Crippen MR) is 141 cm³/mol. The second-order valence-corrected chi connectivity index (χ2v) is 13.1. The van der Waals surface area contributed by atoms with Crippen molar-refractivity contribution in [2.45, 2.75) is 81.6 Å². The molecule has 1 aliphatic rings. The Morgan fingerprint density at radius 2 is 1.15 bits per heavy atom. The molecule has 0 amide bonds. The minimum absolute atomic E-state index is 0.0464. The lowest BCUT2D eigenvalue weighted by Crippen LogP contribution is -2.73. The Labute approximate surface area is 200 Å². The Hall–Kier alpha value is -2.29. The lowest BCUT2D eigenvalue weighted by atomic mass is 9.27. The first-order valence-electron chi connectivity index (χ1n) is 12.3. The fraction of sp³-hybridized carbons (Fsp3) is 0.567. The summed E-state index contributed by atoms with van der Waals surface area (Å²) in [5.74, 6) is 0.728. The van der Waals surface area contributed by atoms with Gasteiger partial charge in [0.25, 0.3) is 0 Å². The molecule has 1 aromatic carbocycles. The lowest BCUT2D eigenvalue weighted by molar-refractivity contribution is -0.258. The number of nitrogens with zero attached hydrogens (tertiary/aromatic N) is 2. The maximum absolute atomic E-state index is 6.51. The molecule has 0 aliphatic heterocycles. The summed E-state index contributed by atoms with van der Waals surface area (Å²) in [4.78, 5) is 4.59. The van der Waals surface area contributed by atoms with Crippen LogP contribution in [-0.2, 0) is 5.41 Å². The third-order valence-electron chi connectivity index (χ3n) is 12.1. The van der Waals surface area contributed by atoms with Crippen molar-refractivity contribution < 1.29 is 0 Å². The Bertz CT molecular complexity index is 1170. The number of hydrogen-bond acceptors (Lipinski definition) is 2. The van der Waals surface area contributed by atoms with Gasteiger partial charge in [0, 0.05) is 23.4 Å². The van der Waals surface area contributed by atoms with Crippen LogP contribution in [0, 0.1) is 27.1 Å². The number of fused-ring (bicyclic) bond motifs is 1. The highest BCUT2D eigenvalue weighted by atomic mass is 15.0. The van der Waals surface area contributed by atoms with E-state index in [0.717, 1.165) is 22.6 Å². The van der Waals surface area contributed by atoms with Crippen LogP contribution in [0.3, 0.4) is 0 Å². The molecule has 178 valence electrons. The molecule has 1 saturated carbocycles. The minimum atomic E-state index is -0.0464. The average Bonchev–Trinajstić information content (AvgIpc) is 3.22. The number of benzene rings is 1. The molecule has 2 aromatic heterocycles. The summed E-state index contributed by atoms with van der Waals surface area (Å²) in [6, 6.07) is 13.1. The van der Waals surface area contributed by atoms with Gasteiger partial charge in [-0.15, -0.1) is 0 Å². The fourth-order valence-electron chi connectivity index (χ4n) is 7.31. The number of aromatic nitrogens is 2. The summed E-state index contributed by atoms with van der Waals surface area (Å²) in [7, 11) is 0. The molecule has 3 nitrogen and oxygen atoms in total. The summed E-state index contributed by atoms with van der Waals surface area (Å²) in [6.45, 7) is 27.3. The minimum Gasteiger partial charge on any atom is -0.384 e. The van der Waals surface area contributed by atoms with Gasteiger partial charge in [0.2, 0.25) is 0 Å². The van der Waals surface area contributed by atoms with Crippen LogP contribution >= 0.6 is 0 Å². The molecular formula is C30H43N3. The van der Waals surface area contributed by atoms with E-state index in [9.17, 15) is 0 Å². The van der Waals surface area contributed by atoms with Crippen molar-refractivity contribution in [2.75, 3.05) is 5.73 Å². The topological polar surface area (TPSA) is 43.3 Å². The first-order valence-corrected chi connectivity index (χ1v) is 12.3. The van der Waals surface area contributed by atoms with Crippen LogP contribution in [0.5, 0.6) is 0 Å². The van der Waals surface area contributed by atoms with Gasteiger partial charge in [-0.25, -0.2) is 4.98 Å². The van der Waals surface area contributed by atoms with E-state index in [4.69, 9.17) is 5.73 Å². The number of nitrogen functional groups attached to an aromatic ring is 1. The maximum Gasteiger partial charge on any atom is 0.138 e. The van der Waals surface area contributed by atoms with Crippen LogP contribution < -0.4 is 5.73 Å². The van der Waals surface area contributed by atoms with Crippen LogP contribution in [-0.4, -0.2) is 9.38 Å². The summed E-state index contributed by atoms with van der Waals surface area (Å²) in [5.41, 5.74) is 11.3. The van der Waals surface area contributed by atoms with Crippen LogP contribution in [0.25, 0.3) is 16.8 Å². The molecule has 1 fully saturated rings. The molecular weight excluding hydrogens is 402 g/mol. The summed E-state index contributed by atoms with van der Waals surface area (Å²) in [6.07, 6.45) is 3.86. The van der Waals surface area contributed by atoms with E-state index in [1.807, 2.05) is 28.9 Å². The number of rotatable bonds is 2. The Morgan fingerprint density at radius 1 is 0.667 bits per heavy atom. The molecule has 2 heterocycles. The molecule has 3 heteroatoms. The summed E-state index contributed by atoms with van der Waals surface area (Å²) < 4.78 is 1.95. The predicted octanol–water partition coefficient (Wildman–Crippen LogP) is 7.99. The smallest absolute Gasteiger partial charge is 0.138 e. The Morgan fingerprint density at radius 3 is 1.67 bits per heavy atom. The molecule has 0 unspecified atom stereocenters. The van der Waals surface area contributed by atoms with Gasteiger partial charge in [0.1, 0.15) is 11.5 Å². The zero-order valence-electron chi connectivity index (χ0n) is 22.6. The van der Waals surface area contributed by atoms with Gasteiger partial charge in [-0.2, -0.15) is 0 Å². The largest absolute Gasteiger partial charge is 0.384 e. The van der Waals surface area contributed by atoms with Gasteiger partial charge in [-0.1, -0.05) is 100 Å². The second-order valence-electron chi connectivity index (χ2n) is 13.1. The SMILES string of the molecule is CC1(C)C(C)(C)C(C)(C)C(C)(c2ccc(-c3cnc4cccn4c3N)cc2)C(C)(C)C1(C)C. The standard InChI is InChI=1S/C30H43N3/c1-25(2)26(3,4)28(7,8)30(11,29(9,10)27(25,5)6)21-16-14-20(15-17-21)22-19-32-23-13-12-18-33(23)24(22)31/h12-19H,31H2,1-11H3. The summed E-state index contributed by atoms with van der Waals surface area (Å²) >= 11 is 0. The third kappa shape index (κ3) is 2.54. The highest BCUT2D eigenvalue weighted by Gasteiger charge is 2.73. The van der Waals surface area contributed by atoms with Crippen molar-refractivity contribution in [1.82, 2.24) is 9.38 Å². The number of anilines is 1. The zero-order chi connectivity index (χ0) is 24.8. The van der Waals surface area contributed by atoms with Crippen LogP contribution in [0.2, 0.25) is 0 Å². The average molecular weight is 446 g/mol. The monoisotopic (exact) mass is 445 g/mol. The van der Waals surface area contributed by atoms with Crippen molar-refractivity contribution in [3.8, 4) is 11.1 Å². The molecule has 0 bridgehead atoms. The Balaban J connectivity index is 1.89. The highest BCUT2D eigenvalue weighted by Crippen LogP contribution is 2.78. The molecule has 33 heavy (non-hydrogen) atoms. The van der Waals surface area contributed by atoms with Gasteiger partial charge in [0.05, 0.1) is 0 Å². The van der Waals surface area contributed by atoms with Gasteiger partial charge in [-0.3, -0.25) is 4.40 Å². The fourth-order valence-corrected chi connectivity index (χ4v) is 7.31. The Kier molecular flexibility index (Phi) is 4.80. The first kappa shape index (κ1) is 23.9. The lowest BCUT2D eigenvalue weighted by Gasteiger charge is -2.77. The van der Waals surface area contributed by atoms with Crippen molar-refractivity contribution >= 4 is 11.5 Å². The third-order valence-corrected chi connectivity index (χ3v) is 12.1. The number of nitrogens with two attached hydrogens (primary N) is 1. The van der Waals surface area contributed by atoms with Gasteiger partial charge < -0.3 is 5.73 Å². The molecule has 0 atom stereocenters. The van der Waals surface area contributed by atoms with E-state index in [-0.39, 0.29) is 32.5 Å². The molecule has 1 aliphatic carbocycles. The van der Waals surface area contributed by atoms with Crippen LogP contribution in [0.15, 0.2) is 48.8 Å². The second kappa shape index (κ2) is 6.64. The van der Waals surface area contributed by atoms with Crippen molar-refractivity contribution in [1.29, 1.82) is 0 Å². The van der Waals surface area contributed by atoms with E-state index in [1.54, 1.807) is 0 Å². The summed E-state index contributed by atoms with van der Waals surface area (Å²) in [5, 5.41) is 0. The van der Waals surface area contributed by atoms with E-state index in [0.29, 0.717) is 0 Å². The van der Waals surface area contributed by atoms with Gasteiger partial charge >= 0.3 is 0 Å². The maximum atomic E-state index is 6.51. The van der Waals surface area contributed by atoms with E-state index in [1.165, 1.54) is 5.56 Å². The first-order chi connectivity index (χ1) is 15.0. The molecule has 4 rings (SSSR count). The zero-order valence-corrected chi connectivity index (χ0v) is 22.6. The van der Waals surface area contributed by atoms with E-state index in [2.05, 4.69) is 105 Å². The molecule has 0 spiro atoms.